The average molecular weight is 479 g/mol. The summed E-state index contributed by atoms with van der Waals surface area (Å²) in [6.45, 7) is 3.10. The molecule has 0 bridgehead atoms. The van der Waals surface area contributed by atoms with Crippen LogP contribution >= 0.6 is 11.3 Å². The van der Waals surface area contributed by atoms with E-state index < -0.39 is 17.8 Å². The van der Waals surface area contributed by atoms with Crippen LogP contribution in [0.15, 0.2) is 53.9 Å². The molecule has 0 saturated heterocycles. The predicted molar refractivity (Wildman–Crippen MR) is 124 cm³/mol. The first-order valence-electron chi connectivity index (χ1n) is 10.3. The fourth-order valence-corrected chi connectivity index (χ4v) is 4.01. The maximum atomic E-state index is 13.3. The minimum atomic E-state index is -4.54. The van der Waals surface area contributed by atoms with E-state index in [0.29, 0.717) is 18.8 Å². The van der Waals surface area contributed by atoms with Crippen molar-refractivity contribution in [2.75, 3.05) is 38.2 Å². The van der Waals surface area contributed by atoms with Crippen LogP contribution in [0.1, 0.15) is 11.1 Å². The molecule has 1 aromatic heterocycles. The van der Waals surface area contributed by atoms with Crippen LogP contribution in [-0.4, -0.2) is 54.3 Å². The van der Waals surface area contributed by atoms with Gasteiger partial charge in [-0.25, -0.2) is 14.7 Å². The number of urea groups is 1. The Hall–Kier alpha value is -2.95. The number of amides is 2. The smallest absolute Gasteiger partial charge is 0.395 e. The van der Waals surface area contributed by atoms with Crippen molar-refractivity contribution in [1.29, 1.82) is 0 Å². The van der Waals surface area contributed by atoms with Crippen molar-refractivity contribution in [3.63, 3.8) is 0 Å². The Morgan fingerprint density at radius 3 is 2.61 bits per heavy atom. The lowest BCUT2D eigenvalue weighted by Crippen LogP contribution is -2.41. The van der Waals surface area contributed by atoms with Gasteiger partial charge in [-0.1, -0.05) is 29.8 Å². The number of aliphatic hydroxyl groups excluding tert-OH is 1. The van der Waals surface area contributed by atoms with Gasteiger partial charge in [0.25, 0.3) is 0 Å². The van der Waals surface area contributed by atoms with Gasteiger partial charge in [0.2, 0.25) is 0 Å². The molecule has 0 aliphatic heterocycles. The monoisotopic (exact) mass is 478 g/mol. The van der Waals surface area contributed by atoms with Crippen molar-refractivity contribution >= 4 is 28.2 Å². The molecule has 0 aliphatic carbocycles. The number of anilines is 2. The Balaban J connectivity index is 1.92. The van der Waals surface area contributed by atoms with E-state index >= 15 is 0 Å². The van der Waals surface area contributed by atoms with Crippen LogP contribution in [-0.2, 0) is 6.18 Å². The topological polar surface area (TPSA) is 68.7 Å². The number of likely N-dealkylation sites (N-methyl/N-ethyl adjacent to an activating group) is 1. The molecule has 0 unspecified atom stereocenters. The van der Waals surface area contributed by atoms with E-state index in [2.05, 4.69) is 10.3 Å². The van der Waals surface area contributed by atoms with Gasteiger partial charge in [-0.15, -0.1) is 11.3 Å². The second-order valence-corrected chi connectivity index (χ2v) is 8.36. The van der Waals surface area contributed by atoms with E-state index in [9.17, 15) is 18.0 Å². The molecular formula is C23H25F3N4O2S. The number of aliphatic hydroxyl groups is 1. The summed E-state index contributed by atoms with van der Waals surface area (Å²) in [5.74, 6) is 0. The lowest BCUT2D eigenvalue weighted by molar-refractivity contribution is -0.137. The van der Waals surface area contributed by atoms with Crippen molar-refractivity contribution < 1.29 is 23.1 Å². The van der Waals surface area contributed by atoms with Crippen LogP contribution in [0, 0.1) is 6.92 Å². The Morgan fingerprint density at radius 1 is 1.15 bits per heavy atom. The van der Waals surface area contributed by atoms with Crippen molar-refractivity contribution in [3.8, 4) is 11.3 Å². The lowest BCUT2D eigenvalue weighted by atomic mass is 10.1. The van der Waals surface area contributed by atoms with Gasteiger partial charge in [-0.05, 0) is 38.2 Å². The number of carbonyl (C=O) groups excluding carboxylic acids is 1. The molecule has 1 heterocycles. The number of nitrogens with one attached hydrogen (secondary N) is 1. The fourth-order valence-electron chi connectivity index (χ4n) is 3.16. The number of thiazole rings is 1. The molecule has 2 amide bonds. The third-order valence-electron chi connectivity index (χ3n) is 4.88. The highest BCUT2D eigenvalue weighted by atomic mass is 32.1. The third kappa shape index (κ3) is 6.53. The lowest BCUT2D eigenvalue weighted by Gasteiger charge is -2.22. The van der Waals surface area contributed by atoms with E-state index in [4.69, 9.17) is 5.11 Å². The van der Waals surface area contributed by atoms with E-state index in [1.54, 1.807) is 12.4 Å². The zero-order valence-electron chi connectivity index (χ0n) is 18.3. The molecule has 2 N–H and O–H groups in total. The standard InChI is InChI=1S/C23H25F3N4O2S/c1-16-5-3-6-17(13-16)20-15-33-22(28-20)30(21(32)27-9-10-29(2)11-12-31)19-8-4-7-18(14-19)23(24,25)26/h3-8,13-15,31H,9-12H2,1-2H3,(H,27,32). The molecule has 0 spiro atoms. The molecule has 0 fully saturated rings. The Morgan fingerprint density at radius 2 is 1.91 bits per heavy atom. The zero-order chi connectivity index (χ0) is 24.0. The molecule has 3 rings (SSSR count). The summed E-state index contributed by atoms with van der Waals surface area (Å²) in [7, 11) is 1.79. The van der Waals surface area contributed by atoms with Crippen LogP contribution in [0.5, 0.6) is 0 Å². The zero-order valence-corrected chi connectivity index (χ0v) is 19.1. The average Bonchev–Trinajstić information content (AvgIpc) is 3.23. The number of nitrogens with zero attached hydrogens (tertiary/aromatic N) is 3. The molecule has 10 heteroatoms. The number of hydrogen-bond donors (Lipinski definition) is 2. The maximum absolute atomic E-state index is 13.3. The van der Waals surface area contributed by atoms with E-state index in [1.165, 1.54) is 23.5 Å². The first kappa shape index (κ1) is 24.7. The Kier molecular flexibility index (Phi) is 8.06. The molecular weight excluding hydrogens is 453 g/mol. The van der Waals surface area contributed by atoms with Gasteiger partial charge in [0.05, 0.1) is 23.6 Å². The van der Waals surface area contributed by atoms with E-state index in [0.717, 1.165) is 28.2 Å². The Bertz CT molecular complexity index is 1090. The van der Waals surface area contributed by atoms with Crippen molar-refractivity contribution in [2.45, 2.75) is 13.1 Å². The first-order chi connectivity index (χ1) is 15.7. The summed E-state index contributed by atoms with van der Waals surface area (Å²) in [4.78, 5) is 20.6. The van der Waals surface area contributed by atoms with Gasteiger partial charge in [0.15, 0.2) is 5.13 Å². The third-order valence-corrected chi connectivity index (χ3v) is 5.71. The van der Waals surface area contributed by atoms with Gasteiger partial charge in [-0.3, -0.25) is 0 Å². The molecule has 3 aromatic rings. The summed E-state index contributed by atoms with van der Waals surface area (Å²) < 4.78 is 39.9. The molecule has 0 aliphatic rings. The molecule has 0 saturated carbocycles. The molecule has 33 heavy (non-hydrogen) atoms. The highest BCUT2D eigenvalue weighted by Gasteiger charge is 2.32. The molecule has 176 valence electrons. The van der Waals surface area contributed by atoms with Gasteiger partial charge >= 0.3 is 12.2 Å². The number of rotatable bonds is 8. The van der Waals surface area contributed by atoms with Crippen LogP contribution in [0.25, 0.3) is 11.3 Å². The van der Waals surface area contributed by atoms with E-state index in [-0.39, 0.29) is 24.0 Å². The maximum Gasteiger partial charge on any atom is 0.416 e. The second-order valence-electron chi connectivity index (χ2n) is 7.53. The van der Waals surface area contributed by atoms with Crippen molar-refractivity contribution in [1.82, 2.24) is 15.2 Å². The van der Waals surface area contributed by atoms with E-state index in [1.807, 2.05) is 36.1 Å². The Labute approximate surface area is 194 Å². The number of halogens is 3. The summed E-state index contributed by atoms with van der Waals surface area (Å²) >= 11 is 1.17. The first-order valence-corrected chi connectivity index (χ1v) is 11.1. The van der Waals surface area contributed by atoms with Crippen molar-refractivity contribution in [3.05, 3.63) is 65.0 Å². The quantitative estimate of drug-likeness (QED) is 0.483. The SMILES string of the molecule is Cc1cccc(-c2csc(N(C(=O)NCCN(C)CCO)c3cccc(C(F)(F)F)c3)n2)c1. The fraction of sp³-hybridized carbons (Fsp3) is 0.304. The largest absolute Gasteiger partial charge is 0.416 e. The number of benzene rings is 2. The number of hydrogen-bond acceptors (Lipinski definition) is 5. The second kappa shape index (κ2) is 10.8. The summed E-state index contributed by atoms with van der Waals surface area (Å²) in [5, 5.41) is 13.8. The minimum absolute atomic E-state index is 0.0122. The minimum Gasteiger partial charge on any atom is -0.395 e. The van der Waals surface area contributed by atoms with Gasteiger partial charge in [0, 0.05) is 30.6 Å². The predicted octanol–water partition coefficient (Wildman–Crippen LogP) is 4.91. The number of carbonyl (C=O) groups is 1. The number of alkyl halides is 3. The van der Waals surface area contributed by atoms with Crippen LogP contribution < -0.4 is 10.2 Å². The highest BCUT2D eigenvalue weighted by Crippen LogP contribution is 2.36. The summed E-state index contributed by atoms with van der Waals surface area (Å²) in [5.41, 5.74) is 1.74. The summed E-state index contributed by atoms with van der Waals surface area (Å²) in [6.07, 6.45) is -4.54. The molecule has 0 radical (unpaired) electrons. The van der Waals surface area contributed by atoms with Crippen LogP contribution in [0.3, 0.4) is 0 Å². The van der Waals surface area contributed by atoms with Crippen molar-refractivity contribution in [2.24, 2.45) is 0 Å². The molecule has 0 atom stereocenters. The van der Waals surface area contributed by atoms with Crippen LogP contribution in [0.2, 0.25) is 0 Å². The van der Waals surface area contributed by atoms with Gasteiger partial charge < -0.3 is 15.3 Å². The summed E-state index contributed by atoms with van der Waals surface area (Å²) in [6, 6.07) is 11.7. The van der Waals surface area contributed by atoms with Gasteiger partial charge in [0.1, 0.15) is 0 Å². The van der Waals surface area contributed by atoms with Gasteiger partial charge in [-0.2, -0.15) is 13.2 Å². The highest BCUT2D eigenvalue weighted by molar-refractivity contribution is 7.14. The normalized spacial score (nSPS) is 11.6. The number of aromatic nitrogens is 1. The number of aryl methyl sites for hydroxylation is 1. The molecule has 2 aromatic carbocycles. The van der Waals surface area contributed by atoms with Crippen LogP contribution in [0.4, 0.5) is 28.8 Å². The molecule has 6 nitrogen and oxygen atoms in total.